The predicted molar refractivity (Wildman–Crippen MR) is 111 cm³/mol. The molecule has 3 rings (SSSR count). The van der Waals surface area contributed by atoms with Crippen LogP contribution in [0.5, 0.6) is 0 Å². The fraction of sp³-hybridized carbons (Fsp3) is 0.550. The Morgan fingerprint density at radius 2 is 1.75 bits per heavy atom. The molecule has 8 heteroatoms. The fourth-order valence-corrected chi connectivity index (χ4v) is 4.33. The molecule has 4 N–H and O–H groups in total. The Bertz CT molecular complexity index is 702. The molecule has 1 aromatic rings. The number of hydrogen-bond acceptors (Lipinski definition) is 4. The number of anilines is 1. The number of halogens is 1. The summed E-state index contributed by atoms with van der Waals surface area (Å²) >= 11 is 6.13. The predicted octanol–water partition coefficient (Wildman–Crippen LogP) is 1.66. The van der Waals surface area contributed by atoms with Crippen LogP contribution < -0.4 is 11.5 Å². The van der Waals surface area contributed by atoms with Crippen LogP contribution in [0.25, 0.3) is 0 Å². The van der Waals surface area contributed by atoms with Crippen molar-refractivity contribution in [3.63, 3.8) is 0 Å². The number of likely N-dealkylation sites (tertiary alicyclic amines) is 1. The van der Waals surface area contributed by atoms with Crippen molar-refractivity contribution in [1.29, 1.82) is 0 Å². The van der Waals surface area contributed by atoms with Crippen LogP contribution in [-0.2, 0) is 11.2 Å². The van der Waals surface area contributed by atoms with Gasteiger partial charge in [0.1, 0.15) is 0 Å². The summed E-state index contributed by atoms with van der Waals surface area (Å²) in [6, 6.07) is 3.93. The minimum absolute atomic E-state index is 0.0637. The molecule has 2 fully saturated rings. The minimum Gasteiger partial charge on any atom is -0.397 e. The molecule has 0 bridgehead atoms. The Morgan fingerprint density at radius 1 is 1.11 bits per heavy atom. The summed E-state index contributed by atoms with van der Waals surface area (Å²) in [5, 5.41) is 0.534. The quantitative estimate of drug-likeness (QED) is 0.743. The molecule has 3 amide bonds. The first kappa shape index (κ1) is 20.7. The maximum absolute atomic E-state index is 12.5. The number of primary amides is 1. The van der Waals surface area contributed by atoms with Crippen LogP contribution in [0.15, 0.2) is 12.1 Å². The van der Waals surface area contributed by atoms with Gasteiger partial charge < -0.3 is 21.3 Å². The van der Waals surface area contributed by atoms with Crippen molar-refractivity contribution in [2.24, 2.45) is 5.73 Å². The van der Waals surface area contributed by atoms with E-state index in [1.54, 1.807) is 11.3 Å². The molecular weight excluding hydrogens is 378 g/mol. The zero-order valence-electron chi connectivity index (χ0n) is 16.4. The number of amides is 3. The summed E-state index contributed by atoms with van der Waals surface area (Å²) in [4.78, 5) is 29.8. The average molecular weight is 407 g/mol. The highest BCUT2D eigenvalue weighted by Crippen LogP contribution is 2.25. The van der Waals surface area contributed by atoms with Crippen LogP contribution in [0.3, 0.4) is 0 Å². The Hall–Kier alpha value is -1.99. The molecule has 2 aliphatic rings. The van der Waals surface area contributed by atoms with Crippen LogP contribution in [-0.4, -0.2) is 71.9 Å². The van der Waals surface area contributed by atoms with E-state index in [4.69, 9.17) is 23.1 Å². The van der Waals surface area contributed by atoms with Gasteiger partial charge in [-0.1, -0.05) is 17.7 Å². The van der Waals surface area contributed by atoms with Crippen LogP contribution in [0.4, 0.5) is 10.5 Å². The standard InChI is InChI=1S/C20H29ClN5O2/c1-14-12-15(13-17(21)19(14)22)2-3-18(27)25-10-8-24(9-11-25)16-4-6-26(7-5-16)20(23)28/h3,12-13,16H,2,4-11,22H2,1H3,(H2,23,28). The normalized spacial score (nSPS) is 19.1. The number of nitrogens with zero attached hydrogens (tertiary/aromatic N) is 3. The van der Waals surface area contributed by atoms with E-state index >= 15 is 0 Å². The minimum atomic E-state index is -0.331. The molecule has 2 aliphatic heterocycles. The second kappa shape index (κ2) is 9.01. The zero-order chi connectivity index (χ0) is 20.3. The van der Waals surface area contributed by atoms with Crippen molar-refractivity contribution >= 4 is 29.2 Å². The number of nitrogens with two attached hydrogens (primary N) is 2. The lowest BCUT2D eigenvalue weighted by Gasteiger charge is -2.42. The van der Waals surface area contributed by atoms with Gasteiger partial charge in [-0.3, -0.25) is 9.69 Å². The van der Waals surface area contributed by atoms with Crippen molar-refractivity contribution < 1.29 is 9.59 Å². The number of nitrogen functional groups attached to an aromatic ring is 1. The van der Waals surface area contributed by atoms with Crippen LogP contribution in [0, 0.1) is 13.3 Å². The number of carbonyl (C=O) groups is 2. The zero-order valence-corrected chi connectivity index (χ0v) is 17.1. The SMILES string of the molecule is Cc1cc(C[CH]C(=O)N2CCN(C3CCN(C(N)=O)CC3)CC2)cc(Cl)c1N. The van der Waals surface area contributed by atoms with Crippen molar-refractivity contribution in [1.82, 2.24) is 14.7 Å². The van der Waals surface area contributed by atoms with E-state index in [2.05, 4.69) is 4.90 Å². The van der Waals surface area contributed by atoms with E-state index in [1.165, 1.54) is 0 Å². The smallest absolute Gasteiger partial charge is 0.314 e. The van der Waals surface area contributed by atoms with Gasteiger partial charge in [-0.25, -0.2) is 4.79 Å². The third-order valence-corrected chi connectivity index (χ3v) is 6.14. The number of benzene rings is 1. The first-order chi connectivity index (χ1) is 13.3. The number of hydrogen-bond donors (Lipinski definition) is 2. The van der Waals surface area contributed by atoms with Crippen molar-refractivity contribution in [3.05, 3.63) is 34.7 Å². The summed E-state index contributed by atoms with van der Waals surface area (Å²) < 4.78 is 0. The Balaban J connectivity index is 1.43. The molecule has 0 aliphatic carbocycles. The molecule has 0 saturated carbocycles. The van der Waals surface area contributed by atoms with Crippen molar-refractivity contribution in [2.45, 2.75) is 32.2 Å². The Kier molecular flexibility index (Phi) is 6.67. The highest BCUT2D eigenvalue weighted by atomic mass is 35.5. The van der Waals surface area contributed by atoms with Gasteiger partial charge in [0, 0.05) is 45.3 Å². The van der Waals surface area contributed by atoms with Gasteiger partial charge in [-0.05, 0) is 43.4 Å². The van der Waals surface area contributed by atoms with E-state index in [0.29, 0.717) is 23.2 Å². The lowest BCUT2D eigenvalue weighted by Crippen LogP contribution is -2.55. The second-order valence-electron chi connectivity index (χ2n) is 7.63. The number of carbonyl (C=O) groups excluding carboxylic acids is 2. The van der Waals surface area contributed by atoms with Gasteiger partial charge in [0.15, 0.2) is 0 Å². The molecule has 0 atom stereocenters. The average Bonchev–Trinajstić information content (AvgIpc) is 2.70. The first-order valence-electron chi connectivity index (χ1n) is 9.80. The van der Waals surface area contributed by atoms with Gasteiger partial charge >= 0.3 is 6.03 Å². The molecule has 0 spiro atoms. The molecule has 2 heterocycles. The monoisotopic (exact) mass is 406 g/mol. The van der Waals surface area contributed by atoms with Crippen molar-refractivity contribution in [3.8, 4) is 0 Å². The maximum Gasteiger partial charge on any atom is 0.314 e. The highest BCUT2D eigenvalue weighted by Gasteiger charge is 2.29. The summed E-state index contributed by atoms with van der Waals surface area (Å²) in [5.74, 6) is 0.0637. The third-order valence-electron chi connectivity index (χ3n) is 5.83. The number of piperazine rings is 1. The van der Waals surface area contributed by atoms with Crippen LogP contribution >= 0.6 is 11.6 Å². The van der Waals surface area contributed by atoms with Gasteiger partial charge in [0.25, 0.3) is 0 Å². The highest BCUT2D eigenvalue weighted by molar-refractivity contribution is 6.33. The van der Waals surface area contributed by atoms with E-state index in [-0.39, 0.29) is 11.9 Å². The van der Waals surface area contributed by atoms with Crippen molar-refractivity contribution in [2.75, 3.05) is 45.0 Å². The molecule has 7 nitrogen and oxygen atoms in total. The van der Waals surface area contributed by atoms with Gasteiger partial charge in [-0.2, -0.15) is 0 Å². The second-order valence-corrected chi connectivity index (χ2v) is 8.04. The fourth-order valence-electron chi connectivity index (χ4n) is 4.04. The number of aryl methyl sites for hydroxylation is 1. The molecule has 1 radical (unpaired) electrons. The Labute approximate surface area is 171 Å². The molecule has 1 aromatic carbocycles. The largest absolute Gasteiger partial charge is 0.397 e. The van der Waals surface area contributed by atoms with Crippen LogP contribution in [0.1, 0.15) is 24.0 Å². The summed E-state index contributed by atoms with van der Waals surface area (Å²) in [7, 11) is 0. The lowest BCUT2D eigenvalue weighted by atomic mass is 10.0. The molecule has 153 valence electrons. The van der Waals surface area contributed by atoms with E-state index in [1.807, 2.05) is 24.0 Å². The molecule has 0 aromatic heterocycles. The maximum atomic E-state index is 12.5. The molecule has 0 unspecified atom stereocenters. The van der Waals surface area contributed by atoms with Gasteiger partial charge in [0.05, 0.1) is 17.1 Å². The number of urea groups is 1. The van der Waals surface area contributed by atoms with E-state index in [9.17, 15) is 9.59 Å². The third kappa shape index (κ3) is 4.89. The lowest BCUT2D eigenvalue weighted by molar-refractivity contribution is -0.129. The molecule has 28 heavy (non-hydrogen) atoms. The van der Waals surface area contributed by atoms with Gasteiger partial charge in [-0.15, -0.1) is 0 Å². The Morgan fingerprint density at radius 3 is 2.32 bits per heavy atom. The van der Waals surface area contributed by atoms with E-state index in [0.717, 1.165) is 63.2 Å². The van der Waals surface area contributed by atoms with E-state index < -0.39 is 0 Å². The summed E-state index contributed by atoms with van der Waals surface area (Å²) in [6.07, 6.45) is 4.16. The number of rotatable bonds is 4. The van der Waals surface area contributed by atoms with Gasteiger partial charge in [0.2, 0.25) is 5.91 Å². The topological polar surface area (TPSA) is 95.9 Å². The number of piperidine rings is 1. The molecular formula is C20H29ClN5O2. The summed E-state index contributed by atoms with van der Waals surface area (Å²) in [5.41, 5.74) is 13.7. The first-order valence-corrected chi connectivity index (χ1v) is 10.2. The summed E-state index contributed by atoms with van der Waals surface area (Å²) in [6.45, 7) is 6.55. The molecule has 2 saturated heterocycles. The van der Waals surface area contributed by atoms with Crippen LogP contribution in [0.2, 0.25) is 5.02 Å².